The Bertz CT molecular complexity index is 1390. The highest BCUT2D eigenvalue weighted by molar-refractivity contribution is 5.87. The number of ether oxygens (including phenoxy) is 1. The third-order valence-electron chi connectivity index (χ3n) is 6.61. The molecular weight excluding hydrogens is 454 g/mol. The van der Waals surface area contributed by atoms with Gasteiger partial charge >= 0.3 is 6.55 Å². The molecule has 0 bridgehead atoms. The number of fused-ring (bicyclic) bond motifs is 1. The van der Waals surface area contributed by atoms with Crippen molar-refractivity contribution >= 4 is 11.0 Å². The van der Waals surface area contributed by atoms with E-state index in [9.17, 15) is 14.0 Å². The lowest BCUT2D eigenvalue weighted by Crippen LogP contribution is -2.28. The molecule has 1 fully saturated rings. The average Bonchev–Trinajstić information content (AvgIpc) is 3.56. The summed E-state index contributed by atoms with van der Waals surface area (Å²) in [7, 11) is 0. The number of halogens is 2. The molecule has 0 saturated carbocycles. The Morgan fingerprint density at radius 2 is 2.06 bits per heavy atom. The number of nitriles is 1. The largest absolute Gasteiger partial charge is 0.482 e. The number of benzene rings is 1. The summed E-state index contributed by atoms with van der Waals surface area (Å²) >= 11 is 0. The zero-order valence-corrected chi connectivity index (χ0v) is 19.5. The van der Waals surface area contributed by atoms with Gasteiger partial charge in [0.2, 0.25) is 0 Å². The SMILES string of the molecule is Cc1c(-c2cc(O[C@H](C)c3ccccn3)c3c(c2)ncn3C(F)F)nnn1[C@H]1CCN(C#N)[C@H]1C. The summed E-state index contributed by atoms with van der Waals surface area (Å²) in [6.45, 7) is 3.62. The van der Waals surface area contributed by atoms with Gasteiger partial charge in [-0.1, -0.05) is 11.3 Å². The molecule has 4 heterocycles. The van der Waals surface area contributed by atoms with Gasteiger partial charge in [0.05, 0.1) is 29.0 Å². The van der Waals surface area contributed by atoms with E-state index in [1.54, 1.807) is 29.3 Å². The summed E-state index contributed by atoms with van der Waals surface area (Å²) in [5.41, 5.74) is 3.32. The normalized spacial score (nSPS) is 18.8. The van der Waals surface area contributed by atoms with Crippen LogP contribution < -0.4 is 4.74 Å². The number of pyridine rings is 1. The molecule has 0 unspecified atom stereocenters. The van der Waals surface area contributed by atoms with Gasteiger partial charge in [-0.25, -0.2) is 9.67 Å². The number of aromatic nitrogens is 6. The lowest BCUT2D eigenvalue weighted by Gasteiger charge is -2.20. The Morgan fingerprint density at radius 1 is 1.23 bits per heavy atom. The fourth-order valence-corrected chi connectivity index (χ4v) is 4.69. The maximum atomic E-state index is 13.7. The maximum absolute atomic E-state index is 13.7. The first kappa shape index (κ1) is 22.7. The molecule has 0 radical (unpaired) electrons. The molecule has 5 rings (SSSR count). The van der Waals surface area contributed by atoms with Crippen LogP contribution in [0.3, 0.4) is 0 Å². The van der Waals surface area contributed by atoms with Crippen molar-refractivity contribution in [3.63, 3.8) is 0 Å². The van der Waals surface area contributed by atoms with Crippen LogP contribution in [0.2, 0.25) is 0 Å². The lowest BCUT2D eigenvalue weighted by molar-refractivity contribution is 0.0737. The molecule has 35 heavy (non-hydrogen) atoms. The molecule has 1 aliphatic rings. The van der Waals surface area contributed by atoms with Crippen molar-refractivity contribution in [3.05, 3.63) is 54.2 Å². The molecule has 1 aliphatic heterocycles. The summed E-state index contributed by atoms with van der Waals surface area (Å²) in [6.07, 6.45) is 5.29. The van der Waals surface area contributed by atoms with Crippen LogP contribution in [0.1, 0.15) is 50.4 Å². The van der Waals surface area contributed by atoms with Gasteiger partial charge in [0.15, 0.2) is 6.19 Å². The minimum atomic E-state index is -2.77. The Labute approximate surface area is 200 Å². The van der Waals surface area contributed by atoms with E-state index in [0.717, 1.165) is 23.0 Å². The number of imidazole rings is 1. The zero-order valence-electron chi connectivity index (χ0n) is 19.5. The van der Waals surface area contributed by atoms with Crippen molar-refractivity contribution in [2.75, 3.05) is 6.54 Å². The molecule has 3 aromatic heterocycles. The van der Waals surface area contributed by atoms with Crippen molar-refractivity contribution in [3.8, 4) is 23.2 Å². The van der Waals surface area contributed by atoms with Crippen LogP contribution >= 0.6 is 0 Å². The molecule has 9 nitrogen and oxygen atoms in total. The molecular formula is C24H24F2N8O. The van der Waals surface area contributed by atoms with Crippen LogP contribution in [0.4, 0.5) is 8.78 Å². The molecule has 1 aromatic carbocycles. The van der Waals surface area contributed by atoms with Gasteiger partial charge in [0.1, 0.15) is 29.4 Å². The Hall–Kier alpha value is -4.07. The maximum Gasteiger partial charge on any atom is 0.320 e. The first-order chi connectivity index (χ1) is 16.9. The van der Waals surface area contributed by atoms with Crippen molar-refractivity contribution < 1.29 is 13.5 Å². The standard InChI is InChI=1S/C24H24F2N8O/c1-14-20(7-9-32(14)12-27)34-15(2)22(30-31-34)17-10-19-23(33(13-29-19)24(25)26)21(11-17)35-16(3)18-6-4-5-8-28-18/h4-6,8,10-11,13-14,16,20,24H,7,9H2,1-3H3/t14-,16+,20-/m0/s1. The van der Waals surface area contributed by atoms with Crippen LogP contribution in [-0.2, 0) is 0 Å². The highest BCUT2D eigenvalue weighted by Crippen LogP contribution is 2.37. The van der Waals surface area contributed by atoms with Crippen molar-refractivity contribution in [1.29, 1.82) is 5.26 Å². The molecule has 1 saturated heterocycles. The molecule has 4 aromatic rings. The third kappa shape index (κ3) is 3.95. The first-order valence-electron chi connectivity index (χ1n) is 11.3. The van der Waals surface area contributed by atoms with Crippen LogP contribution in [0, 0.1) is 18.4 Å². The smallest absolute Gasteiger partial charge is 0.320 e. The van der Waals surface area contributed by atoms with E-state index in [-0.39, 0.29) is 23.3 Å². The predicted molar refractivity (Wildman–Crippen MR) is 123 cm³/mol. The summed E-state index contributed by atoms with van der Waals surface area (Å²) < 4.78 is 36.3. The quantitative estimate of drug-likeness (QED) is 0.372. The minimum absolute atomic E-state index is 0.00409. The number of rotatable bonds is 6. The number of alkyl halides is 2. The van der Waals surface area contributed by atoms with E-state index in [1.807, 2.05) is 37.6 Å². The Balaban J connectivity index is 1.57. The third-order valence-corrected chi connectivity index (χ3v) is 6.61. The van der Waals surface area contributed by atoms with Crippen LogP contribution in [0.15, 0.2) is 42.9 Å². The van der Waals surface area contributed by atoms with E-state index in [0.29, 0.717) is 29.0 Å². The molecule has 3 atom stereocenters. The van der Waals surface area contributed by atoms with Crippen LogP contribution in [-0.4, -0.2) is 47.0 Å². The van der Waals surface area contributed by atoms with Gasteiger partial charge < -0.3 is 9.64 Å². The number of likely N-dealkylation sites (tertiary alicyclic amines) is 1. The van der Waals surface area contributed by atoms with Gasteiger partial charge in [0.25, 0.3) is 0 Å². The van der Waals surface area contributed by atoms with Gasteiger partial charge in [-0.05, 0) is 51.5 Å². The van der Waals surface area contributed by atoms with Gasteiger partial charge in [0, 0.05) is 18.3 Å². The van der Waals surface area contributed by atoms with Crippen molar-refractivity contribution in [1.82, 2.24) is 34.4 Å². The Morgan fingerprint density at radius 3 is 2.74 bits per heavy atom. The second-order valence-electron chi connectivity index (χ2n) is 8.64. The first-order valence-corrected chi connectivity index (χ1v) is 11.3. The fourth-order valence-electron chi connectivity index (χ4n) is 4.69. The lowest BCUT2D eigenvalue weighted by atomic mass is 10.1. The average molecular weight is 479 g/mol. The van der Waals surface area contributed by atoms with E-state index >= 15 is 0 Å². The topological polar surface area (TPSA) is 97.7 Å². The predicted octanol–water partition coefficient (Wildman–Crippen LogP) is 4.65. The number of hydrogen-bond donors (Lipinski definition) is 0. The van der Waals surface area contributed by atoms with E-state index < -0.39 is 12.7 Å². The summed E-state index contributed by atoms with van der Waals surface area (Å²) in [5, 5.41) is 18.1. The Kier molecular flexibility index (Phi) is 5.80. The molecule has 0 spiro atoms. The highest BCUT2D eigenvalue weighted by atomic mass is 19.3. The van der Waals surface area contributed by atoms with Gasteiger partial charge in [-0.15, -0.1) is 5.10 Å². The monoisotopic (exact) mass is 478 g/mol. The second kappa shape index (κ2) is 8.94. The second-order valence-corrected chi connectivity index (χ2v) is 8.64. The molecule has 0 amide bonds. The zero-order chi connectivity index (χ0) is 24.7. The van der Waals surface area contributed by atoms with E-state index in [1.165, 1.54) is 0 Å². The highest BCUT2D eigenvalue weighted by Gasteiger charge is 2.34. The van der Waals surface area contributed by atoms with Crippen LogP contribution in [0.25, 0.3) is 22.3 Å². The van der Waals surface area contributed by atoms with Gasteiger partial charge in [-0.2, -0.15) is 14.0 Å². The molecule has 11 heteroatoms. The van der Waals surface area contributed by atoms with E-state index in [2.05, 4.69) is 26.5 Å². The number of hydrogen-bond acceptors (Lipinski definition) is 7. The summed E-state index contributed by atoms with van der Waals surface area (Å²) in [6, 6.07) is 8.88. The number of nitrogens with zero attached hydrogens (tertiary/aromatic N) is 8. The fraction of sp³-hybridized carbons (Fsp3) is 0.375. The summed E-state index contributed by atoms with van der Waals surface area (Å²) in [4.78, 5) is 10.3. The molecule has 180 valence electrons. The molecule has 0 aliphatic carbocycles. The van der Waals surface area contributed by atoms with Crippen LogP contribution in [0.5, 0.6) is 5.75 Å². The minimum Gasteiger partial charge on any atom is -0.482 e. The van der Waals surface area contributed by atoms with Crippen molar-refractivity contribution in [2.45, 2.75) is 51.9 Å². The van der Waals surface area contributed by atoms with Gasteiger partial charge in [-0.3, -0.25) is 9.55 Å². The van der Waals surface area contributed by atoms with Crippen molar-refractivity contribution in [2.24, 2.45) is 0 Å². The molecule has 0 N–H and O–H groups in total. The van der Waals surface area contributed by atoms with E-state index in [4.69, 9.17) is 4.74 Å². The summed E-state index contributed by atoms with van der Waals surface area (Å²) in [5.74, 6) is 0.257.